The zero-order valence-electron chi connectivity index (χ0n) is 10.8. The molecular weight excluding hydrogens is 214 g/mol. The Morgan fingerprint density at radius 3 is 2.82 bits per heavy atom. The van der Waals surface area contributed by atoms with E-state index in [1.807, 2.05) is 13.0 Å². The maximum atomic E-state index is 5.37. The number of rotatable bonds is 4. The molecule has 1 aromatic rings. The molecule has 3 atom stereocenters. The lowest BCUT2D eigenvalue weighted by Crippen LogP contribution is -2.24. The van der Waals surface area contributed by atoms with E-state index >= 15 is 0 Å². The van der Waals surface area contributed by atoms with Gasteiger partial charge in [-0.25, -0.2) is 9.97 Å². The third-order valence-corrected chi connectivity index (χ3v) is 3.73. The Morgan fingerprint density at radius 2 is 2.18 bits per heavy atom. The molecule has 1 heterocycles. The summed E-state index contributed by atoms with van der Waals surface area (Å²) in [5, 5.41) is 3.49. The van der Waals surface area contributed by atoms with E-state index in [0.717, 1.165) is 11.7 Å². The molecule has 4 nitrogen and oxygen atoms in total. The summed E-state index contributed by atoms with van der Waals surface area (Å²) in [5.41, 5.74) is 0. The first-order chi connectivity index (χ1) is 8.20. The summed E-state index contributed by atoms with van der Waals surface area (Å²) in [7, 11) is 0. The van der Waals surface area contributed by atoms with Gasteiger partial charge in [0.1, 0.15) is 12.1 Å². The topological polar surface area (TPSA) is 47.0 Å². The molecule has 1 saturated carbocycles. The average Bonchev–Trinajstić information content (AvgIpc) is 2.62. The second-order valence-electron chi connectivity index (χ2n) is 4.84. The van der Waals surface area contributed by atoms with Crippen LogP contribution in [-0.2, 0) is 0 Å². The van der Waals surface area contributed by atoms with Crippen LogP contribution in [0, 0.1) is 11.8 Å². The second-order valence-corrected chi connectivity index (χ2v) is 4.84. The molecule has 4 heteroatoms. The molecule has 1 N–H and O–H groups in total. The molecule has 1 aromatic heterocycles. The fourth-order valence-electron chi connectivity index (χ4n) is 2.40. The summed E-state index contributed by atoms with van der Waals surface area (Å²) >= 11 is 0. The van der Waals surface area contributed by atoms with Crippen LogP contribution in [0.1, 0.15) is 33.6 Å². The lowest BCUT2D eigenvalue weighted by molar-refractivity contribution is 0.326. The number of anilines is 1. The van der Waals surface area contributed by atoms with Gasteiger partial charge in [-0.3, -0.25) is 0 Å². The highest BCUT2D eigenvalue weighted by molar-refractivity contribution is 5.38. The van der Waals surface area contributed by atoms with Gasteiger partial charge in [0.25, 0.3) is 0 Å². The molecule has 2 rings (SSSR count). The van der Waals surface area contributed by atoms with E-state index < -0.39 is 0 Å². The van der Waals surface area contributed by atoms with Gasteiger partial charge in [-0.05, 0) is 31.6 Å². The van der Waals surface area contributed by atoms with Gasteiger partial charge in [-0.2, -0.15) is 0 Å². The summed E-state index contributed by atoms with van der Waals surface area (Å²) < 4.78 is 5.37. The largest absolute Gasteiger partial charge is 0.478 e. The highest BCUT2D eigenvalue weighted by Gasteiger charge is 2.29. The average molecular weight is 235 g/mol. The fraction of sp³-hybridized carbons (Fsp3) is 0.692. The van der Waals surface area contributed by atoms with Crippen molar-refractivity contribution in [2.45, 2.75) is 39.7 Å². The molecular formula is C13H21N3O. The zero-order valence-corrected chi connectivity index (χ0v) is 10.8. The normalized spacial score (nSPS) is 28.1. The predicted octanol–water partition coefficient (Wildman–Crippen LogP) is 2.72. The first kappa shape index (κ1) is 12.1. The smallest absolute Gasteiger partial charge is 0.218 e. The highest BCUT2D eigenvalue weighted by atomic mass is 16.5. The van der Waals surface area contributed by atoms with Crippen LogP contribution < -0.4 is 10.1 Å². The lowest BCUT2D eigenvalue weighted by atomic mass is 9.98. The van der Waals surface area contributed by atoms with Crippen molar-refractivity contribution in [3.05, 3.63) is 12.4 Å². The molecule has 1 fully saturated rings. The Morgan fingerprint density at radius 1 is 1.35 bits per heavy atom. The van der Waals surface area contributed by atoms with E-state index in [1.54, 1.807) is 6.33 Å². The Labute approximate surface area is 103 Å². The van der Waals surface area contributed by atoms with Crippen LogP contribution in [0.25, 0.3) is 0 Å². The van der Waals surface area contributed by atoms with E-state index in [4.69, 9.17) is 4.74 Å². The van der Waals surface area contributed by atoms with E-state index in [0.29, 0.717) is 24.4 Å². The van der Waals surface area contributed by atoms with Crippen molar-refractivity contribution in [2.24, 2.45) is 11.8 Å². The van der Waals surface area contributed by atoms with Crippen LogP contribution in [0.4, 0.5) is 5.82 Å². The molecule has 0 aromatic carbocycles. The number of hydrogen-bond acceptors (Lipinski definition) is 4. The van der Waals surface area contributed by atoms with Gasteiger partial charge in [-0.1, -0.05) is 13.8 Å². The number of ether oxygens (including phenoxy) is 1. The van der Waals surface area contributed by atoms with Crippen LogP contribution in [0.5, 0.6) is 5.88 Å². The van der Waals surface area contributed by atoms with Crippen molar-refractivity contribution in [3.63, 3.8) is 0 Å². The maximum Gasteiger partial charge on any atom is 0.218 e. The molecule has 0 bridgehead atoms. The molecule has 17 heavy (non-hydrogen) atoms. The molecule has 94 valence electrons. The molecule has 1 aliphatic carbocycles. The lowest BCUT2D eigenvalue weighted by Gasteiger charge is -2.20. The Kier molecular flexibility index (Phi) is 3.82. The minimum Gasteiger partial charge on any atom is -0.478 e. The van der Waals surface area contributed by atoms with Crippen LogP contribution in [0.3, 0.4) is 0 Å². The van der Waals surface area contributed by atoms with E-state index in [1.165, 1.54) is 12.8 Å². The van der Waals surface area contributed by atoms with E-state index in [2.05, 4.69) is 29.1 Å². The molecule has 3 unspecified atom stereocenters. The highest BCUT2D eigenvalue weighted by Crippen LogP contribution is 2.33. The van der Waals surface area contributed by atoms with Crippen molar-refractivity contribution < 1.29 is 4.74 Å². The predicted molar refractivity (Wildman–Crippen MR) is 68.2 cm³/mol. The van der Waals surface area contributed by atoms with Crippen molar-refractivity contribution in [2.75, 3.05) is 11.9 Å². The van der Waals surface area contributed by atoms with Gasteiger partial charge in [0.05, 0.1) is 6.61 Å². The Bertz CT molecular complexity index is 369. The SMILES string of the molecule is CCOc1cc(NC2CCC(C)C2C)ncn1. The quantitative estimate of drug-likeness (QED) is 0.871. The van der Waals surface area contributed by atoms with Gasteiger partial charge in [-0.15, -0.1) is 0 Å². The number of hydrogen-bond donors (Lipinski definition) is 1. The number of aromatic nitrogens is 2. The minimum atomic E-state index is 0.523. The van der Waals surface area contributed by atoms with Crippen LogP contribution in [0.15, 0.2) is 12.4 Å². The van der Waals surface area contributed by atoms with Crippen molar-refractivity contribution in [1.29, 1.82) is 0 Å². The van der Waals surface area contributed by atoms with Crippen LogP contribution in [0.2, 0.25) is 0 Å². The summed E-state index contributed by atoms with van der Waals surface area (Å²) in [6.07, 6.45) is 4.06. The first-order valence-electron chi connectivity index (χ1n) is 6.42. The van der Waals surface area contributed by atoms with Crippen molar-refractivity contribution >= 4 is 5.82 Å². The van der Waals surface area contributed by atoms with Gasteiger partial charge < -0.3 is 10.1 Å². The van der Waals surface area contributed by atoms with Gasteiger partial charge in [0.2, 0.25) is 5.88 Å². The van der Waals surface area contributed by atoms with Crippen molar-refractivity contribution in [3.8, 4) is 5.88 Å². The van der Waals surface area contributed by atoms with E-state index in [9.17, 15) is 0 Å². The Hall–Kier alpha value is -1.32. The Balaban J connectivity index is 2.01. The summed E-state index contributed by atoms with van der Waals surface area (Å²) in [6, 6.07) is 2.40. The zero-order chi connectivity index (χ0) is 12.3. The molecule has 0 aliphatic heterocycles. The van der Waals surface area contributed by atoms with Gasteiger partial charge in [0, 0.05) is 12.1 Å². The standard InChI is InChI=1S/C13H21N3O/c1-4-17-13-7-12(14-8-15-13)16-11-6-5-9(2)10(11)3/h7-11H,4-6H2,1-3H3,(H,14,15,16). The van der Waals surface area contributed by atoms with Gasteiger partial charge in [0.15, 0.2) is 0 Å². The molecule has 0 radical (unpaired) electrons. The van der Waals surface area contributed by atoms with Crippen molar-refractivity contribution in [1.82, 2.24) is 9.97 Å². The van der Waals surface area contributed by atoms with Crippen LogP contribution in [-0.4, -0.2) is 22.6 Å². The summed E-state index contributed by atoms with van der Waals surface area (Å²) in [6.45, 7) is 7.21. The summed E-state index contributed by atoms with van der Waals surface area (Å²) in [4.78, 5) is 8.31. The van der Waals surface area contributed by atoms with Crippen LogP contribution >= 0.6 is 0 Å². The maximum absolute atomic E-state index is 5.37. The molecule has 0 saturated heterocycles. The molecule has 0 amide bonds. The number of nitrogens with one attached hydrogen (secondary N) is 1. The summed E-state index contributed by atoms with van der Waals surface area (Å²) in [5.74, 6) is 3.00. The first-order valence-corrected chi connectivity index (χ1v) is 6.42. The monoisotopic (exact) mass is 235 g/mol. The molecule has 0 spiro atoms. The minimum absolute atomic E-state index is 0.523. The number of nitrogens with zero attached hydrogens (tertiary/aromatic N) is 2. The third kappa shape index (κ3) is 2.87. The van der Waals surface area contributed by atoms with E-state index in [-0.39, 0.29) is 0 Å². The third-order valence-electron chi connectivity index (χ3n) is 3.73. The van der Waals surface area contributed by atoms with Gasteiger partial charge >= 0.3 is 0 Å². The second kappa shape index (κ2) is 5.34. The fourth-order valence-corrected chi connectivity index (χ4v) is 2.40. The molecule has 1 aliphatic rings.